The number of ether oxygens (including phenoxy) is 1. The van der Waals surface area contributed by atoms with E-state index in [4.69, 9.17) is 4.74 Å². The van der Waals surface area contributed by atoms with E-state index in [9.17, 15) is 13.2 Å². The number of methoxy groups -OCH3 is 1. The summed E-state index contributed by atoms with van der Waals surface area (Å²) < 4.78 is 32.9. The maximum atomic E-state index is 13.0. The monoisotopic (exact) mass is 420 g/mol. The molecule has 1 amide bonds. The Balaban J connectivity index is 1.75. The Labute approximate surface area is 169 Å². The first-order chi connectivity index (χ1) is 13.5. The molecule has 0 radical (unpaired) electrons. The summed E-state index contributed by atoms with van der Waals surface area (Å²) in [6.07, 6.45) is 5.80. The van der Waals surface area contributed by atoms with Gasteiger partial charge in [-0.05, 0) is 48.1 Å². The normalized spacial score (nSPS) is 15.6. The largest absolute Gasteiger partial charge is 0.495 e. The molecule has 3 rings (SSSR count). The smallest absolute Gasteiger partial charge is 0.246 e. The first-order valence-corrected chi connectivity index (χ1v) is 11.5. The SMILES string of the molecule is COc1ccc(/C=C/C(=O)NCc2cccs2)cc1S(=O)(=O)N1CCCCC1. The number of rotatable bonds is 7. The predicted molar refractivity (Wildman–Crippen MR) is 111 cm³/mol. The van der Waals surface area contributed by atoms with Crippen LogP contribution in [0.2, 0.25) is 0 Å². The third-order valence-electron chi connectivity index (χ3n) is 4.56. The van der Waals surface area contributed by atoms with Crippen LogP contribution >= 0.6 is 11.3 Å². The topological polar surface area (TPSA) is 75.7 Å². The number of nitrogens with zero attached hydrogens (tertiary/aromatic N) is 1. The van der Waals surface area contributed by atoms with Gasteiger partial charge in [-0.3, -0.25) is 4.79 Å². The lowest BCUT2D eigenvalue weighted by atomic mass is 10.2. The standard InChI is InChI=1S/C20H24N2O4S2/c1-26-18-9-7-16(8-10-20(23)21-15-17-6-5-13-27-17)14-19(18)28(24,25)22-11-3-2-4-12-22/h5-10,13-14H,2-4,11-12,15H2,1H3,(H,21,23)/b10-8+. The predicted octanol–water partition coefficient (Wildman–Crippen LogP) is 3.26. The van der Waals surface area contributed by atoms with E-state index in [0.717, 1.165) is 24.1 Å². The molecule has 1 aliphatic heterocycles. The van der Waals surface area contributed by atoms with E-state index < -0.39 is 10.0 Å². The fraction of sp³-hybridized carbons (Fsp3) is 0.350. The molecule has 1 aliphatic rings. The summed E-state index contributed by atoms with van der Waals surface area (Å²) in [7, 11) is -2.17. The first kappa shape index (κ1) is 20.6. The Bertz CT molecular complexity index is 931. The van der Waals surface area contributed by atoms with Crippen molar-refractivity contribution in [1.82, 2.24) is 9.62 Å². The molecule has 6 nitrogen and oxygen atoms in total. The molecule has 1 fully saturated rings. The minimum atomic E-state index is -3.63. The van der Waals surface area contributed by atoms with Crippen molar-refractivity contribution in [3.05, 3.63) is 52.2 Å². The lowest BCUT2D eigenvalue weighted by Crippen LogP contribution is -2.35. The number of carbonyl (C=O) groups is 1. The van der Waals surface area contributed by atoms with Gasteiger partial charge < -0.3 is 10.1 Å². The molecule has 1 aromatic carbocycles. The highest BCUT2D eigenvalue weighted by Crippen LogP contribution is 2.29. The van der Waals surface area contributed by atoms with Gasteiger partial charge in [-0.2, -0.15) is 4.31 Å². The van der Waals surface area contributed by atoms with Gasteiger partial charge in [0.05, 0.1) is 13.7 Å². The maximum absolute atomic E-state index is 13.0. The van der Waals surface area contributed by atoms with Crippen molar-refractivity contribution < 1.29 is 17.9 Å². The zero-order chi connectivity index (χ0) is 20.0. The molecule has 1 N–H and O–H groups in total. The molecule has 0 atom stereocenters. The van der Waals surface area contributed by atoms with E-state index in [1.54, 1.807) is 35.6 Å². The molecule has 2 heterocycles. The summed E-state index contributed by atoms with van der Waals surface area (Å²) in [6, 6.07) is 8.81. The van der Waals surface area contributed by atoms with Crippen LogP contribution in [0.5, 0.6) is 5.75 Å². The summed E-state index contributed by atoms with van der Waals surface area (Å²) in [4.78, 5) is 13.2. The highest BCUT2D eigenvalue weighted by molar-refractivity contribution is 7.89. The minimum Gasteiger partial charge on any atom is -0.495 e. The molecular formula is C20H24N2O4S2. The van der Waals surface area contributed by atoms with E-state index in [0.29, 0.717) is 30.9 Å². The van der Waals surface area contributed by atoms with Crippen molar-refractivity contribution in [1.29, 1.82) is 0 Å². The van der Waals surface area contributed by atoms with Crippen LogP contribution in [0.4, 0.5) is 0 Å². The molecule has 0 unspecified atom stereocenters. The van der Waals surface area contributed by atoms with Gasteiger partial charge in [-0.1, -0.05) is 18.6 Å². The van der Waals surface area contributed by atoms with Crippen LogP contribution in [0.1, 0.15) is 29.7 Å². The Hall–Kier alpha value is -2.16. The third kappa shape index (κ3) is 5.01. The Kier molecular flexibility index (Phi) is 6.88. The molecule has 8 heteroatoms. The second-order valence-corrected chi connectivity index (χ2v) is 9.44. The Morgan fingerprint density at radius 3 is 2.71 bits per heavy atom. The van der Waals surface area contributed by atoms with Crippen molar-refractivity contribution in [3.63, 3.8) is 0 Å². The number of hydrogen-bond donors (Lipinski definition) is 1. The molecule has 28 heavy (non-hydrogen) atoms. The van der Waals surface area contributed by atoms with Crippen LogP contribution in [0.15, 0.2) is 46.7 Å². The summed E-state index contributed by atoms with van der Waals surface area (Å²) in [5.41, 5.74) is 0.627. The molecule has 0 saturated carbocycles. The van der Waals surface area contributed by atoms with Crippen molar-refractivity contribution in [2.45, 2.75) is 30.7 Å². The molecule has 0 bridgehead atoms. The number of hydrogen-bond acceptors (Lipinski definition) is 5. The number of thiophene rings is 1. The van der Waals surface area contributed by atoms with Crippen LogP contribution in [-0.2, 0) is 21.4 Å². The number of benzene rings is 1. The molecular weight excluding hydrogens is 396 g/mol. The second kappa shape index (κ2) is 9.36. The lowest BCUT2D eigenvalue weighted by Gasteiger charge is -2.26. The summed E-state index contributed by atoms with van der Waals surface area (Å²) >= 11 is 1.58. The first-order valence-electron chi connectivity index (χ1n) is 9.17. The van der Waals surface area contributed by atoms with Crippen LogP contribution in [-0.4, -0.2) is 38.8 Å². The maximum Gasteiger partial charge on any atom is 0.246 e. The average molecular weight is 421 g/mol. The van der Waals surface area contributed by atoms with Gasteiger partial charge in [-0.15, -0.1) is 11.3 Å². The van der Waals surface area contributed by atoms with Crippen molar-refractivity contribution in [3.8, 4) is 5.75 Å². The number of piperidine rings is 1. The van der Waals surface area contributed by atoms with Crippen LogP contribution in [0.25, 0.3) is 6.08 Å². The Morgan fingerprint density at radius 1 is 1.25 bits per heavy atom. The molecule has 0 spiro atoms. The van der Waals surface area contributed by atoms with E-state index in [1.807, 2.05) is 17.5 Å². The van der Waals surface area contributed by atoms with Crippen molar-refractivity contribution in [2.75, 3.05) is 20.2 Å². The number of amides is 1. The highest BCUT2D eigenvalue weighted by atomic mass is 32.2. The van der Waals surface area contributed by atoms with Crippen LogP contribution in [0, 0.1) is 0 Å². The zero-order valence-corrected chi connectivity index (χ0v) is 17.4. The molecule has 1 aromatic heterocycles. The van der Waals surface area contributed by atoms with Crippen LogP contribution in [0.3, 0.4) is 0 Å². The molecule has 1 saturated heterocycles. The third-order valence-corrected chi connectivity index (χ3v) is 7.36. The van der Waals surface area contributed by atoms with Gasteiger partial charge in [0, 0.05) is 24.0 Å². The van der Waals surface area contributed by atoms with Gasteiger partial charge in [0.25, 0.3) is 0 Å². The van der Waals surface area contributed by atoms with E-state index in [2.05, 4.69) is 5.32 Å². The summed E-state index contributed by atoms with van der Waals surface area (Å²) in [5.74, 6) is 0.0783. The van der Waals surface area contributed by atoms with Crippen molar-refractivity contribution in [2.24, 2.45) is 0 Å². The Morgan fingerprint density at radius 2 is 2.04 bits per heavy atom. The summed E-state index contributed by atoms with van der Waals surface area (Å²) in [5, 5.41) is 4.77. The quantitative estimate of drug-likeness (QED) is 0.698. The second-order valence-electron chi connectivity index (χ2n) is 6.51. The van der Waals surface area contributed by atoms with Gasteiger partial charge in [0.1, 0.15) is 10.6 Å². The fourth-order valence-corrected chi connectivity index (χ4v) is 5.41. The molecule has 2 aromatic rings. The van der Waals surface area contributed by atoms with Crippen molar-refractivity contribution >= 4 is 33.3 Å². The van der Waals surface area contributed by atoms with Gasteiger partial charge in [-0.25, -0.2) is 8.42 Å². The fourth-order valence-electron chi connectivity index (χ4n) is 3.06. The van der Waals surface area contributed by atoms with Crippen LogP contribution < -0.4 is 10.1 Å². The van der Waals surface area contributed by atoms with E-state index in [1.165, 1.54) is 17.5 Å². The average Bonchev–Trinajstić information content (AvgIpc) is 3.25. The summed E-state index contributed by atoms with van der Waals surface area (Å²) in [6.45, 7) is 1.52. The highest BCUT2D eigenvalue weighted by Gasteiger charge is 2.28. The lowest BCUT2D eigenvalue weighted by molar-refractivity contribution is -0.116. The zero-order valence-electron chi connectivity index (χ0n) is 15.8. The molecule has 150 valence electrons. The number of nitrogens with one attached hydrogen (secondary N) is 1. The van der Waals surface area contributed by atoms with E-state index in [-0.39, 0.29) is 10.8 Å². The van der Waals surface area contributed by atoms with Gasteiger partial charge in [0.2, 0.25) is 15.9 Å². The van der Waals surface area contributed by atoms with E-state index >= 15 is 0 Å². The van der Waals surface area contributed by atoms with Gasteiger partial charge in [0.15, 0.2) is 0 Å². The number of carbonyl (C=O) groups excluding carboxylic acids is 1. The molecule has 0 aliphatic carbocycles. The minimum absolute atomic E-state index is 0.137. The number of sulfonamides is 1. The van der Waals surface area contributed by atoms with Gasteiger partial charge >= 0.3 is 0 Å².